The van der Waals surface area contributed by atoms with Crippen LogP contribution in [0.15, 0.2) is 54.6 Å². The van der Waals surface area contributed by atoms with Crippen molar-refractivity contribution in [1.29, 1.82) is 0 Å². The van der Waals surface area contributed by atoms with E-state index in [9.17, 15) is 9.59 Å². The number of anilines is 1. The van der Waals surface area contributed by atoms with Crippen LogP contribution in [0.5, 0.6) is 5.75 Å². The smallest absolute Gasteiger partial charge is 0.331 e. The number of rotatable bonds is 5. The molecule has 0 radical (unpaired) electrons. The van der Waals surface area contributed by atoms with Crippen molar-refractivity contribution in [3.8, 4) is 5.75 Å². The van der Waals surface area contributed by atoms with Crippen molar-refractivity contribution in [2.75, 3.05) is 25.2 Å². The average molecular weight is 351 g/mol. The Morgan fingerprint density at radius 3 is 2.73 bits per heavy atom. The number of para-hydroxylation sites is 2. The highest BCUT2D eigenvalue weighted by molar-refractivity contribution is 5.97. The highest BCUT2D eigenvalue weighted by atomic mass is 16.5. The summed E-state index contributed by atoms with van der Waals surface area (Å²) in [5, 5.41) is 0. The minimum absolute atomic E-state index is 0.212. The summed E-state index contributed by atoms with van der Waals surface area (Å²) >= 11 is 0. The maximum atomic E-state index is 12.4. The third-order valence-electron chi connectivity index (χ3n) is 4.29. The van der Waals surface area contributed by atoms with Crippen molar-refractivity contribution in [2.24, 2.45) is 0 Å². The van der Waals surface area contributed by atoms with Gasteiger partial charge < -0.3 is 14.4 Å². The van der Waals surface area contributed by atoms with Gasteiger partial charge >= 0.3 is 5.97 Å². The summed E-state index contributed by atoms with van der Waals surface area (Å²) in [6.45, 7) is 0.369. The first-order valence-corrected chi connectivity index (χ1v) is 8.55. The molecule has 0 unspecified atom stereocenters. The van der Waals surface area contributed by atoms with E-state index in [1.165, 1.54) is 6.08 Å². The second-order valence-electron chi connectivity index (χ2n) is 5.96. The van der Waals surface area contributed by atoms with Gasteiger partial charge in [0, 0.05) is 23.9 Å². The molecule has 1 amide bonds. The summed E-state index contributed by atoms with van der Waals surface area (Å²) < 4.78 is 10.3. The summed E-state index contributed by atoms with van der Waals surface area (Å²) in [4.78, 5) is 26.1. The zero-order chi connectivity index (χ0) is 18.4. The number of carbonyl (C=O) groups is 2. The number of hydrogen-bond donors (Lipinski definition) is 0. The van der Waals surface area contributed by atoms with Crippen molar-refractivity contribution in [3.63, 3.8) is 0 Å². The summed E-state index contributed by atoms with van der Waals surface area (Å²) in [6.07, 6.45) is 4.78. The van der Waals surface area contributed by atoms with Gasteiger partial charge in [0.05, 0.1) is 7.11 Å². The summed E-state index contributed by atoms with van der Waals surface area (Å²) in [5.41, 5.74) is 2.82. The van der Waals surface area contributed by atoms with E-state index < -0.39 is 5.97 Å². The standard InChI is InChI=1S/C21H21NO4/c1-25-19-11-5-3-8-17(19)12-13-21(24)26-15-20(23)22-14-6-9-16-7-2-4-10-18(16)22/h2-5,7-8,10-13H,6,9,14-15H2,1H3/b13-12+. The molecule has 0 aromatic heterocycles. The molecule has 0 atom stereocenters. The minimum Gasteiger partial charge on any atom is -0.496 e. The molecule has 26 heavy (non-hydrogen) atoms. The first-order chi connectivity index (χ1) is 12.7. The SMILES string of the molecule is COc1ccccc1/C=C/C(=O)OCC(=O)N1CCCc2ccccc21. The Hall–Kier alpha value is -3.08. The molecular weight excluding hydrogens is 330 g/mol. The van der Waals surface area contributed by atoms with Gasteiger partial charge in [-0.25, -0.2) is 4.79 Å². The van der Waals surface area contributed by atoms with Crippen LogP contribution in [-0.4, -0.2) is 32.1 Å². The van der Waals surface area contributed by atoms with E-state index in [4.69, 9.17) is 9.47 Å². The van der Waals surface area contributed by atoms with Crippen LogP contribution in [0.3, 0.4) is 0 Å². The monoisotopic (exact) mass is 351 g/mol. The highest BCUT2D eigenvalue weighted by Gasteiger charge is 2.22. The lowest BCUT2D eigenvalue weighted by atomic mass is 10.0. The number of methoxy groups -OCH3 is 1. The largest absolute Gasteiger partial charge is 0.496 e. The molecular formula is C21H21NO4. The molecule has 0 bridgehead atoms. The van der Waals surface area contributed by atoms with Gasteiger partial charge in [-0.3, -0.25) is 4.79 Å². The van der Waals surface area contributed by atoms with Gasteiger partial charge in [0.1, 0.15) is 5.75 Å². The van der Waals surface area contributed by atoms with Gasteiger partial charge in [0.25, 0.3) is 5.91 Å². The first kappa shape index (κ1) is 17.7. The summed E-state index contributed by atoms with van der Waals surface area (Å²) in [5.74, 6) is -0.108. The predicted octanol–water partition coefficient (Wildman–Crippen LogP) is 3.23. The van der Waals surface area contributed by atoms with Crippen molar-refractivity contribution in [2.45, 2.75) is 12.8 Å². The minimum atomic E-state index is -0.561. The molecule has 0 N–H and O–H groups in total. The first-order valence-electron chi connectivity index (χ1n) is 8.55. The Morgan fingerprint density at radius 1 is 1.12 bits per heavy atom. The third kappa shape index (κ3) is 4.11. The zero-order valence-electron chi connectivity index (χ0n) is 14.7. The van der Waals surface area contributed by atoms with Gasteiger partial charge in [-0.2, -0.15) is 0 Å². The van der Waals surface area contributed by atoms with E-state index in [1.54, 1.807) is 18.1 Å². The zero-order valence-corrected chi connectivity index (χ0v) is 14.7. The van der Waals surface area contributed by atoms with Gasteiger partial charge in [0.15, 0.2) is 6.61 Å². The maximum absolute atomic E-state index is 12.4. The van der Waals surface area contributed by atoms with Crippen LogP contribution in [0.4, 0.5) is 5.69 Å². The van der Waals surface area contributed by atoms with E-state index in [0.717, 1.165) is 29.7 Å². The number of amides is 1. The van der Waals surface area contributed by atoms with E-state index in [-0.39, 0.29) is 12.5 Å². The Bertz CT molecular complexity index is 828. The number of nitrogens with zero attached hydrogens (tertiary/aromatic N) is 1. The second-order valence-corrected chi connectivity index (χ2v) is 5.96. The van der Waals surface area contributed by atoms with Gasteiger partial charge in [0.2, 0.25) is 0 Å². The average Bonchev–Trinajstić information content (AvgIpc) is 2.70. The Labute approximate surface area is 152 Å². The van der Waals surface area contributed by atoms with Gasteiger partial charge in [-0.05, 0) is 36.6 Å². The van der Waals surface area contributed by atoms with Crippen LogP contribution >= 0.6 is 0 Å². The van der Waals surface area contributed by atoms with Crippen molar-refractivity contribution in [3.05, 3.63) is 65.7 Å². The van der Waals surface area contributed by atoms with Crippen LogP contribution in [0.2, 0.25) is 0 Å². The van der Waals surface area contributed by atoms with Crippen molar-refractivity contribution < 1.29 is 19.1 Å². The van der Waals surface area contributed by atoms with Crippen LogP contribution in [0.1, 0.15) is 17.5 Å². The quantitative estimate of drug-likeness (QED) is 0.613. The van der Waals surface area contributed by atoms with Crippen molar-refractivity contribution >= 4 is 23.6 Å². The van der Waals surface area contributed by atoms with E-state index in [0.29, 0.717) is 12.3 Å². The third-order valence-corrected chi connectivity index (χ3v) is 4.29. The molecule has 1 heterocycles. The Morgan fingerprint density at radius 2 is 1.88 bits per heavy atom. The van der Waals surface area contributed by atoms with Crippen LogP contribution < -0.4 is 9.64 Å². The molecule has 2 aromatic rings. The number of ether oxygens (including phenoxy) is 2. The molecule has 0 saturated heterocycles. The topological polar surface area (TPSA) is 55.8 Å². The number of carbonyl (C=O) groups excluding carboxylic acids is 2. The fourth-order valence-electron chi connectivity index (χ4n) is 3.01. The molecule has 0 saturated carbocycles. The molecule has 1 aliphatic heterocycles. The van der Waals surface area contributed by atoms with Crippen LogP contribution in [-0.2, 0) is 20.7 Å². The predicted molar refractivity (Wildman–Crippen MR) is 100 cm³/mol. The van der Waals surface area contributed by atoms with Gasteiger partial charge in [-0.1, -0.05) is 36.4 Å². The molecule has 5 nitrogen and oxygen atoms in total. The van der Waals surface area contributed by atoms with Crippen LogP contribution in [0, 0.1) is 0 Å². The fraction of sp³-hybridized carbons (Fsp3) is 0.238. The number of aryl methyl sites for hydroxylation is 1. The molecule has 2 aromatic carbocycles. The molecule has 1 aliphatic rings. The number of hydrogen-bond acceptors (Lipinski definition) is 4. The molecule has 0 spiro atoms. The lowest BCUT2D eigenvalue weighted by Crippen LogP contribution is -2.38. The Kier molecular flexibility index (Phi) is 5.69. The van der Waals surface area contributed by atoms with Gasteiger partial charge in [-0.15, -0.1) is 0 Å². The number of fused-ring (bicyclic) bond motifs is 1. The number of esters is 1. The van der Waals surface area contributed by atoms with E-state index in [2.05, 4.69) is 0 Å². The molecule has 5 heteroatoms. The summed E-state index contributed by atoms with van der Waals surface area (Å²) in [6, 6.07) is 15.2. The van der Waals surface area contributed by atoms with E-state index in [1.807, 2.05) is 48.5 Å². The lowest BCUT2D eigenvalue weighted by molar-refractivity contribution is -0.142. The lowest BCUT2D eigenvalue weighted by Gasteiger charge is -2.29. The van der Waals surface area contributed by atoms with Crippen molar-refractivity contribution in [1.82, 2.24) is 0 Å². The molecule has 3 rings (SSSR count). The van der Waals surface area contributed by atoms with Crippen LogP contribution in [0.25, 0.3) is 6.08 Å². The normalized spacial score (nSPS) is 13.3. The molecule has 0 fully saturated rings. The highest BCUT2D eigenvalue weighted by Crippen LogP contribution is 2.26. The summed E-state index contributed by atoms with van der Waals surface area (Å²) in [7, 11) is 1.57. The molecule has 0 aliphatic carbocycles. The maximum Gasteiger partial charge on any atom is 0.331 e. The number of benzene rings is 2. The Balaban J connectivity index is 1.58. The molecule has 134 valence electrons. The second kappa shape index (κ2) is 8.34. The fourth-order valence-corrected chi connectivity index (χ4v) is 3.01. The van der Waals surface area contributed by atoms with E-state index >= 15 is 0 Å².